The SMILES string of the molecule is O=C(CCSc1ccccc1)N1CCC(Oc2ccccn2)CC1. The zero-order valence-electron chi connectivity index (χ0n) is 13.6. The highest BCUT2D eigenvalue weighted by Crippen LogP contribution is 2.20. The number of carbonyl (C=O) groups excluding carboxylic acids is 1. The van der Waals surface area contributed by atoms with E-state index >= 15 is 0 Å². The molecular weight excluding hydrogens is 320 g/mol. The first-order valence-electron chi connectivity index (χ1n) is 8.34. The quantitative estimate of drug-likeness (QED) is 0.752. The summed E-state index contributed by atoms with van der Waals surface area (Å²) in [5, 5.41) is 0. The summed E-state index contributed by atoms with van der Waals surface area (Å²) < 4.78 is 5.87. The molecule has 2 heterocycles. The van der Waals surface area contributed by atoms with Crippen LogP contribution >= 0.6 is 11.8 Å². The number of amides is 1. The number of piperidine rings is 1. The molecule has 0 N–H and O–H groups in total. The van der Waals surface area contributed by atoms with Crippen molar-refractivity contribution in [1.29, 1.82) is 0 Å². The molecule has 2 aromatic rings. The van der Waals surface area contributed by atoms with Crippen LogP contribution in [0, 0.1) is 0 Å². The van der Waals surface area contributed by atoms with Crippen LogP contribution in [0.2, 0.25) is 0 Å². The molecule has 126 valence electrons. The van der Waals surface area contributed by atoms with Crippen molar-refractivity contribution in [3.8, 4) is 5.88 Å². The Morgan fingerprint density at radius 3 is 2.58 bits per heavy atom. The van der Waals surface area contributed by atoms with Gasteiger partial charge >= 0.3 is 0 Å². The fourth-order valence-electron chi connectivity index (χ4n) is 2.74. The molecule has 0 aliphatic carbocycles. The maximum Gasteiger partial charge on any atom is 0.223 e. The first-order chi connectivity index (χ1) is 11.8. The van der Waals surface area contributed by atoms with Gasteiger partial charge in [-0.3, -0.25) is 4.79 Å². The maximum atomic E-state index is 12.3. The Morgan fingerprint density at radius 2 is 1.88 bits per heavy atom. The molecule has 1 amide bonds. The molecule has 1 fully saturated rings. The van der Waals surface area contributed by atoms with Gasteiger partial charge in [0.15, 0.2) is 0 Å². The molecule has 5 heteroatoms. The summed E-state index contributed by atoms with van der Waals surface area (Å²) in [6.45, 7) is 1.54. The van der Waals surface area contributed by atoms with Gasteiger partial charge in [-0.1, -0.05) is 24.3 Å². The molecular formula is C19H22N2O2S. The minimum atomic E-state index is 0.155. The van der Waals surface area contributed by atoms with Crippen LogP contribution in [-0.4, -0.2) is 40.7 Å². The summed E-state index contributed by atoms with van der Waals surface area (Å²) in [6, 6.07) is 15.9. The number of pyridine rings is 1. The molecule has 3 rings (SSSR count). The number of benzene rings is 1. The van der Waals surface area contributed by atoms with Crippen LogP contribution in [0.1, 0.15) is 19.3 Å². The van der Waals surface area contributed by atoms with E-state index in [1.54, 1.807) is 18.0 Å². The third-order valence-electron chi connectivity index (χ3n) is 4.05. The number of hydrogen-bond acceptors (Lipinski definition) is 4. The van der Waals surface area contributed by atoms with Gasteiger partial charge in [0, 0.05) is 55.3 Å². The van der Waals surface area contributed by atoms with Crippen molar-refractivity contribution in [3.05, 3.63) is 54.7 Å². The Morgan fingerprint density at radius 1 is 1.12 bits per heavy atom. The molecule has 1 aliphatic heterocycles. The minimum absolute atomic E-state index is 0.155. The third-order valence-corrected chi connectivity index (χ3v) is 5.06. The highest BCUT2D eigenvalue weighted by Gasteiger charge is 2.23. The van der Waals surface area contributed by atoms with Gasteiger partial charge in [0.2, 0.25) is 11.8 Å². The van der Waals surface area contributed by atoms with Crippen LogP contribution in [0.25, 0.3) is 0 Å². The Bertz CT molecular complexity index is 628. The normalized spacial score (nSPS) is 15.2. The van der Waals surface area contributed by atoms with Gasteiger partial charge in [0.25, 0.3) is 0 Å². The van der Waals surface area contributed by atoms with E-state index in [1.807, 2.05) is 41.3 Å². The van der Waals surface area contributed by atoms with Crippen molar-refractivity contribution >= 4 is 17.7 Å². The molecule has 1 aliphatic rings. The topological polar surface area (TPSA) is 42.4 Å². The van der Waals surface area contributed by atoms with Gasteiger partial charge < -0.3 is 9.64 Å². The molecule has 0 bridgehead atoms. The molecule has 1 saturated heterocycles. The second-order valence-electron chi connectivity index (χ2n) is 5.78. The van der Waals surface area contributed by atoms with Crippen LogP contribution in [0.3, 0.4) is 0 Å². The van der Waals surface area contributed by atoms with Crippen LogP contribution in [-0.2, 0) is 4.79 Å². The predicted octanol–water partition coefficient (Wildman–Crippen LogP) is 3.63. The molecule has 1 aromatic heterocycles. The lowest BCUT2D eigenvalue weighted by Gasteiger charge is -2.32. The Labute approximate surface area is 147 Å². The second kappa shape index (κ2) is 8.73. The average Bonchev–Trinajstić information content (AvgIpc) is 2.64. The lowest BCUT2D eigenvalue weighted by molar-refractivity contribution is -0.132. The van der Waals surface area contributed by atoms with Crippen LogP contribution in [0.4, 0.5) is 0 Å². The number of hydrogen-bond donors (Lipinski definition) is 0. The van der Waals surface area contributed by atoms with Gasteiger partial charge in [0.05, 0.1) is 0 Å². The van der Waals surface area contributed by atoms with E-state index in [-0.39, 0.29) is 12.0 Å². The monoisotopic (exact) mass is 342 g/mol. The van der Waals surface area contributed by atoms with Crippen molar-refractivity contribution in [3.63, 3.8) is 0 Å². The van der Waals surface area contributed by atoms with Gasteiger partial charge in [-0.05, 0) is 18.2 Å². The van der Waals surface area contributed by atoms with E-state index in [2.05, 4.69) is 17.1 Å². The molecule has 1 aromatic carbocycles. The van der Waals surface area contributed by atoms with Crippen molar-refractivity contribution in [2.24, 2.45) is 0 Å². The van der Waals surface area contributed by atoms with Gasteiger partial charge in [0.1, 0.15) is 6.10 Å². The number of aromatic nitrogens is 1. The Kier molecular flexibility index (Phi) is 6.13. The largest absolute Gasteiger partial charge is 0.474 e. The number of thioether (sulfide) groups is 1. The number of ether oxygens (including phenoxy) is 1. The van der Waals surface area contributed by atoms with Crippen LogP contribution < -0.4 is 4.74 Å². The second-order valence-corrected chi connectivity index (χ2v) is 6.95. The van der Waals surface area contributed by atoms with E-state index < -0.39 is 0 Å². The lowest BCUT2D eigenvalue weighted by Crippen LogP contribution is -2.41. The molecule has 0 unspecified atom stereocenters. The summed E-state index contributed by atoms with van der Waals surface area (Å²) in [7, 11) is 0. The average molecular weight is 342 g/mol. The predicted molar refractivity (Wildman–Crippen MR) is 96.3 cm³/mol. The number of carbonyl (C=O) groups is 1. The van der Waals surface area contributed by atoms with Crippen LogP contribution in [0.5, 0.6) is 5.88 Å². The Hall–Kier alpha value is -2.01. The van der Waals surface area contributed by atoms with Crippen molar-refractivity contribution in [1.82, 2.24) is 9.88 Å². The van der Waals surface area contributed by atoms with Crippen molar-refractivity contribution in [2.75, 3.05) is 18.8 Å². The minimum Gasteiger partial charge on any atom is -0.474 e. The van der Waals surface area contributed by atoms with Gasteiger partial charge in [-0.2, -0.15) is 0 Å². The van der Waals surface area contributed by atoms with Crippen molar-refractivity contribution in [2.45, 2.75) is 30.3 Å². The molecule has 24 heavy (non-hydrogen) atoms. The zero-order chi connectivity index (χ0) is 16.6. The number of likely N-dealkylation sites (tertiary alicyclic amines) is 1. The van der Waals surface area contributed by atoms with E-state index in [0.717, 1.165) is 31.7 Å². The number of nitrogens with zero attached hydrogens (tertiary/aromatic N) is 2. The fraction of sp³-hybridized carbons (Fsp3) is 0.368. The van der Waals surface area contributed by atoms with Gasteiger partial charge in [-0.15, -0.1) is 11.8 Å². The summed E-state index contributed by atoms with van der Waals surface area (Å²) in [4.78, 5) is 19.7. The highest BCUT2D eigenvalue weighted by atomic mass is 32.2. The first-order valence-corrected chi connectivity index (χ1v) is 9.33. The summed E-state index contributed by atoms with van der Waals surface area (Å²) in [5.74, 6) is 1.74. The van der Waals surface area contributed by atoms with Crippen molar-refractivity contribution < 1.29 is 9.53 Å². The lowest BCUT2D eigenvalue weighted by atomic mass is 10.1. The third kappa shape index (κ3) is 4.99. The molecule has 4 nitrogen and oxygen atoms in total. The maximum absolute atomic E-state index is 12.3. The summed E-state index contributed by atoms with van der Waals surface area (Å²) >= 11 is 1.73. The van der Waals surface area contributed by atoms with E-state index in [1.165, 1.54) is 4.90 Å². The number of rotatable bonds is 6. The highest BCUT2D eigenvalue weighted by molar-refractivity contribution is 7.99. The van der Waals surface area contributed by atoms with E-state index in [4.69, 9.17) is 4.74 Å². The summed E-state index contributed by atoms with van der Waals surface area (Å²) in [5.41, 5.74) is 0. The molecule has 0 saturated carbocycles. The van der Waals surface area contributed by atoms with E-state index in [0.29, 0.717) is 12.3 Å². The summed E-state index contributed by atoms with van der Waals surface area (Å²) in [6.07, 6.45) is 4.22. The first kappa shape index (κ1) is 16.8. The zero-order valence-corrected chi connectivity index (χ0v) is 14.5. The standard InChI is InChI=1S/C19H22N2O2S/c22-19(11-15-24-17-6-2-1-3-7-17)21-13-9-16(10-14-21)23-18-8-4-5-12-20-18/h1-8,12,16H,9-11,13-15H2. The Balaban J connectivity index is 1.37. The van der Waals surface area contributed by atoms with Gasteiger partial charge in [-0.25, -0.2) is 4.98 Å². The molecule has 0 atom stereocenters. The molecule has 0 spiro atoms. The van der Waals surface area contributed by atoms with E-state index in [9.17, 15) is 4.79 Å². The fourth-order valence-corrected chi connectivity index (χ4v) is 3.60. The smallest absolute Gasteiger partial charge is 0.223 e. The van der Waals surface area contributed by atoms with Crippen LogP contribution in [0.15, 0.2) is 59.6 Å². The molecule has 0 radical (unpaired) electrons.